The summed E-state index contributed by atoms with van der Waals surface area (Å²) >= 11 is 6.22. The highest BCUT2D eigenvalue weighted by molar-refractivity contribution is 6.30. The minimum Gasteiger partial charge on any atom is -0.490 e. The number of carbonyl (C=O) groups is 1. The van der Waals surface area contributed by atoms with E-state index >= 15 is 0 Å². The van der Waals surface area contributed by atoms with Gasteiger partial charge in [-0.1, -0.05) is 67.6 Å². The molecule has 2 aromatic rings. The fourth-order valence-electron chi connectivity index (χ4n) is 4.81. The smallest absolute Gasteiger partial charge is 0.254 e. The highest BCUT2D eigenvalue weighted by Gasteiger charge is 2.51. The van der Waals surface area contributed by atoms with Gasteiger partial charge in [0.1, 0.15) is 12.4 Å². The Morgan fingerprint density at radius 1 is 1.16 bits per heavy atom. The molecular formula is C27H28ClNO2. The zero-order chi connectivity index (χ0) is 21.8. The SMILES string of the molecule is C=CCOc1ccc(CC2(c3ccc(Cl)cc3)C3=C(C=CCC3)C(=O)N2CCC)cc1. The minimum atomic E-state index is -0.499. The molecule has 2 aliphatic rings. The molecule has 3 nitrogen and oxygen atoms in total. The van der Waals surface area contributed by atoms with Gasteiger partial charge in [-0.15, -0.1) is 0 Å². The maximum atomic E-state index is 13.5. The first-order valence-electron chi connectivity index (χ1n) is 10.9. The van der Waals surface area contributed by atoms with Crippen LogP contribution in [0.1, 0.15) is 37.3 Å². The lowest BCUT2D eigenvalue weighted by molar-refractivity contribution is -0.129. The summed E-state index contributed by atoms with van der Waals surface area (Å²) < 4.78 is 5.65. The van der Waals surface area contributed by atoms with E-state index in [-0.39, 0.29) is 5.91 Å². The maximum Gasteiger partial charge on any atom is 0.254 e. The first-order valence-corrected chi connectivity index (χ1v) is 11.3. The van der Waals surface area contributed by atoms with E-state index in [0.29, 0.717) is 18.2 Å². The van der Waals surface area contributed by atoms with Crippen LogP contribution in [0.3, 0.4) is 0 Å². The Kier molecular flexibility index (Phi) is 6.33. The topological polar surface area (TPSA) is 29.5 Å². The molecule has 31 heavy (non-hydrogen) atoms. The molecule has 4 rings (SSSR count). The second-order valence-corrected chi connectivity index (χ2v) is 8.51. The van der Waals surface area contributed by atoms with Gasteiger partial charge in [0, 0.05) is 23.6 Å². The van der Waals surface area contributed by atoms with Crippen LogP contribution in [0.15, 0.2) is 84.5 Å². The first kappa shape index (κ1) is 21.5. The van der Waals surface area contributed by atoms with Crippen LogP contribution in [-0.2, 0) is 16.8 Å². The Morgan fingerprint density at radius 3 is 2.58 bits per heavy atom. The van der Waals surface area contributed by atoms with Crippen LogP contribution in [0.5, 0.6) is 5.75 Å². The Bertz CT molecular complexity index is 1020. The highest BCUT2D eigenvalue weighted by atomic mass is 35.5. The zero-order valence-electron chi connectivity index (χ0n) is 17.9. The number of amides is 1. The van der Waals surface area contributed by atoms with Crippen molar-refractivity contribution in [2.45, 2.75) is 38.1 Å². The fraction of sp³-hybridized carbons (Fsp3) is 0.296. The normalized spacial score (nSPS) is 20.2. The molecule has 0 aromatic heterocycles. The minimum absolute atomic E-state index is 0.133. The number of allylic oxidation sites excluding steroid dienone is 1. The van der Waals surface area contributed by atoms with E-state index in [1.54, 1.807) is 6.08 Å². The number of carbonyl (C=O) groups excluding carboxylic acids is 1. The second kappa shape index (κ2) is 9.15. The van der Waals surface area contributed by atoms with Crippen molar-refractivity contribution >= 4 is 17.5 Å². The molecule has 0 bridgehead atoms. The van der Waals surface area contributed by atoms with Crippen molar-refractivity contribution in [2.75, 3.05) is 13.2 Å². The lowest BCUT2D eigenvalue weighted by Crippen LogP contribution is -2.48. The molecule has 160 valence electrons. The third-order valence-corrected chi connectivity index (χ3v) is 6.38. The molecule has 0 saturated carbocycles. The lowest BCUT2D eigenvalue weighted by atomic mass is 9.74. The van der Waals surface area contributed by atoms with Gasteiger partial charge in [0.2, 0.25) is 0 Å². The molecule has 2 aromatic carbocycles. The average Bonchev–Trinajstić information content (AvgIpc) is 3.03. The molecular weight excluding hydrogens is 406 g/mol. The van der Waals surface area contributed by atoms with Crippen molar-refractivity contribution in [2.24, 2.45) is 0 Å². The molecule has 1 amide bonds. The van der Waals surface area contributed by atoms with E-state index in [2.05, 4.69) is 48.7 Å². The van der Waals surface area contributed by atoms with Crippen molar-refractivity contribution in [1.29, 1.82) is 0 Å². The molecule has 1 heterocycles. The molecule has 1 atom stereocenters. The Hall–Kier alpha value is -2.78. The third kappa shape index (κ3) is 3.95. The van der Waals surface area contributed by atoms with E-state index in [1.807, 2.05) is 30.3 Å². The van der Waals surface area contributed by atoms with Gasteiger partial charge in [-0.05, 0) is 60.2 Å². The Morgan fingerprint density at radius 2 is 1.90 bits per heavy atom. The summed E-state index contributed by atoms with van der Waals surface area (Å²) in [6.45, 7) is 7.02. The summed E-state index contributed by atoms with van der Waals surface area (Å²) in [5, 5.41) is 0.701. The van der Waals surface area contributed by atoms with Crippen molar-refractivity contribution in [3.63, 3.8) is 0 Å². The van der Waals surface area contributed by atoms with Crippen LogP contribution in [0.4, 0.5) is 0 Å². The zero-order valence-corrected chi connectivity index (χ0v) is 18.7. The molecule has 0 N–H and O–H groups in total. The Balaban J connectivity index is 1.82. The number of ether oxygens (including phenoxy) is 1. The monoisotopic (exact) mass is 433 g/mol. The van der Waals surface area contributed by atoms with E-state index < -0.39 is 5.54 Å². The standard InChI is InChI=1S/C27H28ClNO2/c1-3-17-29-26(30)24-7-5-6-8-25(24)27(29,21-11-13-22(28)14-12-21)19-20-9-15-23(16-10-20)31-18-4-2/h4-5,7,9-16H,2-3,6,8,17-19H2,1H3. The van der Waals surface area contributed by atoms with Gasteiger partial charge in [0.15, 0.2) is 0 Å². The van der Waals surface area contributed by atoms with Gasteiger partial charge in [0.05, 0.1) is 5.54 Å². The van der Waals surface area contributed by atoms with Gasteiger partial charge in [0.25, 0.3) is 5.91 Å². The van der Waals surface area contributed by atoms with Gasteiger partial charge in [-0.25, -0.2) is 0 Å². The highest BCUT2D eigenvalue weighted by Crippen LogP contribution is 2.50. The van der Waals surface area contributed by atoms with Crippen LogP contribution in [0, 0.1) is 0 Å². The van der Waals surface area contributed by atoms with Gasteiger partial charge in [-0.3, -0.25) is 4.79 Å². The average molecular weight is 434 g/mol. The van der Waals surface area contributed by atoms with Crippen molar-refractivity contribution < 1.29 is 9.53 Å². The van der Waals surface area contributed by atoms with Gasteiger partial charge in [-0.2, -0.15) is 0 Å². The van der Waals surface area contributed by atoms with E-state index in [0.717, 1.165) is 48.1 Å². The second-order valence-electron chi connectivity index (χ2n) is 8.08. The molecule has 4 heteroatoms. The molecule has 1 aliphatic heterocycles. The number of hydrogen-bond acceptors (Lipinski definition) is 2. The molecule has 0 fully saturated rings. The van der Waals surface area contributed by atoms with Crippen LogP contribution in [0.25, 0.3) is 0 Å². The van der Waals surface area contributed by atoms with E-state index in [4.69, 9.17) is 16.3 Å². The molecule has 0 saturated heterocycles. The number of nitrogens with zero attached hydrogens (tertiary/aromatic N) is 1. The number of benzene rings is 2. The predicted molar refractivity (Wildman–Crippen MR) is 126 cm³/mol. The van der Waals surface area contributed by atoms with Gasteiger partial charge < -0.3 is 9.64 Å². The summed E-state index contributed by atoms with van der Waals surface area (Å²) in [4.78, 5) is 15.6. The molecule has 0 spiro atoms. The van der Waals surface area contributed by atoms with E-state index in [9.17, 15) is 4.79 Å². The molecule has 1 unspecified atom stereocenters. The van der Waals surface area contributed by atoms with E-state index in [1.165, 1.54) is 5.57 Å². The van der Waals surface area contributed by atoms with Gasteiger partial charge >= 0.3 is 0 Å². The molecule has 1 aliphatic carbocycles. The summed E-state index contributed by atoms with van der Waals surface area (Å²) in [6, 6.07) is 16.2. The summed E-state index contributed by atoms with van der Waals surface area (Å²) in [7, 11) is 0. The van der Waals surface area contributed by atoms with Crippen molar-refractivity contribution in [1.82, 2.24) is 4.90 Å². The van der Waals surface area contributed by atoms with Crippen LogP contribution in [-0.4, -0.2) is 24.0 Å². The number of rotatable bonds is 8. The maximum absolute atomic E-state index is 13.5. The largest absolute Gasteiger partial charge is 0.490 e. The fourth-order valence-corrected chi connectivity index (χ4v) is 4.93. The van der Waals surface area contributed by atoms with Crippen LogP contribution >= 0.6 is 11.6 Å². The first-order chi connectivity index (χ1) is 15.1. The van der Waals surface area contributed by atoms with Crippen LogP contribution < -0.4 is 4.74 Å². The van der Waals surface area contributed by atoms with Crippen molar-refractivity contribution in [3.8, 4) is 5.75 Å². The third-order valence-electron chi connectivity index (χ3n) is 6.13. The number of halogens is 1. The predicted octanol–water partition coefficient (Wildman–Crippen LogP) is 6.24. The molecule has 0 radical (unpaired) electrons. The quantitative estimate of drug-likeness (QED) is 0.461. The summed E-state index contributed by atoms with van der Waals surface area (Å²) in [5.41, 5.74) is 3.87. The Labute approximate surface area is 189 Å². The summed E-state index contributed by atoms with van der Waals surface area (Å²) in [6.07, 6.45) is 9.34. The number of hydrogen-bond donors (Lipinski definition) is 0. The lowest BCUT2D eigenvalue weighted by Gasteiger charge is -2.42. The van der Waals surface area contributed by atoms with Crippen LogP contribution in [0.2, 0.25) is 5.02 Å². The van der Waals surface area contributed by atoms with Crippen molar-refractivity contribution in [3.05, 3.63) is 101 Å². The summed E-state index contributed by atoms with van der Waals surface area (Å²) in [5.74, 6) is 0.950.